The first kappa shape index (κ1) is 16.8. The van der Waals surface area contributed by atoms with Crippen LogP contribution in [0.3, 0.4) is 0 Å². The van der Waals surface area contributed by atoms with Crippen molar-refractivity contribution in [3.63, 3.8) is 0 Å². The van der Waals surface area contributed by atoms with Gasteiger partial charge < -0.3 is 4.74 Å². The highest BCUT2D eigenvalue weighted by Crippen LogP contribution is 2.22. The van der Waals surface area contributed by atoms with Crippen LogP contribution in [0.1, 0.15) is 5.56 Å². The van der Waals surface area contributed by atoms with Gasteiger partial charge in [-0.05, 0) is 30.3 Å². The fourth-order valence-corrected chi connectivity index (χ4v) is 2.41. The number of ether oxygens (including phenoxy) is 1. The number of amides is 1. The molecule has 114 valence electrons. The molecule has 0 saturated heterocycles. The summed E-state index contributed by atoms with van der Waals surface area (Å²) in [6, 6.07) is 12.3. The van der Waals surface area contributed by atoms with E-state index in [9.17, 15) is 4.79 Å². The van der Waals surface area contributed by atoms with Crippen LogP contribution in [0.4, 0.5) is 0 Å². The normalized spacial score (nSPS) is 10.7. The van der Waals surface area contributed by atoms with Gasteiger partial charge in [0.1, 0.15) is 5.75 Å². The smallest absolute Gasteiger partial charge is 0.277 e. The molecule has 0 aliphatic carbocycles. The minimum absolute atomic E-state index is 0.149. The summed E-state index contributed by atoms with van der Waals surface area (Å²) in [5.41, 5.74) is 2.89. The van der Waals surface area contributed by atoms with E-state index in [1.807, 2.05) is 12.1 Å². The molecule has 0 unspecified atom stereocenters. The van der Waals surface area contributed by atoms with Crippen molar-refractivity contribution < 1.29 is 9.53 Å². The Kier molecular flexibility index (Phi) is 6.24. The lowest BCUT2D eigenvalue weighted by molar-refractivity contribution is -0.123. The Morgan fingerprint density at radius 3 is 2.59 bits per heavy atom. The monoisotopic (exact) mass is 400 g/mol. The van der Waals surface area contributed by atoms with Gasteiger partial charge in [-0.2, -0.15) is 5.10 Å². The lowest BCUT2D eigenvalue weighted by Crippen LogP contribution is -2.24. The third-order valence-corrected chi connectivity index (χ3v) is 3.70. The van der Waals surface area contributed by atoms with Gasteiger partial charge in [-0.3, -0.25) is 4.79 Å². The quantitative estimate of drug-likeness (QED) is 0.600. The molecule has 0 heterocycles. The van der Waals surface area contributed by atoms with Crippen LogP contribution in [0.2, 0.25) is 10.0 Å². The number of benzene rings is 2. The maximum atomic E-state index is 11.6. The second-order valence-corrected chi connectivity index (χ2v) is 5.90. The summed E-state index contributed by atoms with van der Waals surface area (Å²) in [5.74, 6) is 0.196. The summed E-state index contributed by atoms with van der Waals surface area (Å²) >= 11 is 15.3. The van der Waals surface area contributed by atoms with E-state index in [1.165, 1.54) is 6.21 Å². The van der Waals surface area contributed by atoms with E-state index in [-0.39, 0.29) is 12.5 Å². The molecule has 0 radical (unpaired) electrons. The van der Waals surface area contributed by atoms with Gasteiger partial charge in [0.05, 0.1) is 16.3 Å². The van der Waals surface area contributed by atoms with E-state index in [1.54, 1.807) is 30.3 Å². The van der Waals surface area contributed by atoms with E-state index in [4.69, 9.17) is 27.9 Å². The van der Waals surface area contributed by atoms with E-state index >= 15 is 0 Å². The second kappa shape index (κ2) is 8.17. The Balaban J connectivity index is 1.86. The molecule has 0 saturated carbocycles. The van der Waals surface area contributed by atoms with Gasteiger partial charge in [0.15, 0.2) is 6.61 Å². The molecular weight excluding hydrogens is 391 g/mol. The van der Waals surface area contributed by atoms with Crippen LogP contribution in [0, 0.1) is 0 Å². The zero-order chi connectivity index (χ0) is 15.9. The van der Waals surface area contributed by atoms with Crippen LogP contribution in [-0.4, -0.2) is 18.7 Å². The van der Waals surface area contributed by atoms with Crippen molar-refractivity contribution in [2.45, 2.75) is 0 Å². The highest BCUT2D eigenvalue weighted by atomic mass is 79.9. The van der Waals surface area contributed by atoms with Crippen molar-refractivity contribution in [1.82, 2.24) is 5.43 Å². The number of nitrogens with one attached hydrogen (secondary N) is 1. The summed E-state index contributed by atoms with van der Waals surface area (Å²) in [7, 11) is 0. The van der Waals surface area contributed by atoms with Gasteiger partial charge in [-0.1, -0.05) is 51.3 Å². The molecule has 0 aromatic heterocycles. The Hall–Kier alpha value is -1.56. The highest BCUT2D eigenvalue weighted by molar-refractivity contribution is 9.10. The van der Waals surface area contributed by atoms with Crippen LogP contribution in [0.5, 0.6) is 5.75 Å². The number of carbonyl (C=O) groups excluding carboxylic acids is 1. The first-order chi connectivity index (χ1) is 10.6. The van der Waals surface area contributed by atoms with Crippen LogP contribution >= 0.6 is 39.1 Å². The molecule has 0 bridgehead atoms. The first-order valence-corrected chi connectivity index (χ1v) is 7.75. The molecule has 1 N–H and O–H groups in total. The van der Waals surface area contributed by atoms with E-state index in [0.717, 1.165) is 4.47 Å². The lowest BCUT2D eigenvalue weighted by Gasteiger charge is -2.05. The Morgan fingerprint density at radius 1 is 1.23 bits per heavy atom. The van der Waals surface area contributed by atoms with Crippen molar-refractivity contribution in [3.8, 4) is 5.75 Å². The largest absolute Gasteiger partial charge is 0.484 e. The Bertz CT molecular complexity index is 687. The number of hydrogen-bond donors (Lipinski definition) is 1. The van der Waals surface area contributed by atoms with Crippen molar-refractivity contribution in [1.29, 1.82) is 0 Å². The number of rotatable bonds is 5. The fraction of sp³-hybridized carbons (Fsp3) is 0.0667. The summed E-state index contributed by atoms with van der Waals surface area (Å²) in [6.45, 7) is -0.149. The van der Waals surface area contributed by atoms with Gasteiger partial charge >= 0.3 is 0 Å². The minimum atomic E-state index is -0.389. The molecule has 2 aromatic carbocycles. The van der Waals surface area contributed by atoms with Crippen molar-refractivity contribution in [2.75, 3.05) is 6.61 Å². The van der Waals surface area contributed by atoms with Crippen molar-refractivity contribution >= 4 is 51.3 Å². The predicted molar refractivity (Wildman–Crippen MR) is 91.8 cm³/mol. The number of nitrogens with zero attached hydrogens (tertiary/aromatic N) is 1. The fourth-order valence-electron chi connectivity index (χ4n) is 1.54. The Labute approximate surface area is 146 Å². The molecule has 7 heteroatoms. The maximum Gasteiger partial charge on any atom is 0.277 e. The van der Waals surface area contributed by atoms with Crippen LogP contribution in [0.25, 0.3) is 0 Å². The molecule has 0 fully saturated rings. The molecule has 2 rings (SSSR count). The third kappa shape index (κ3) is 5.02. The molecule has 1 amide bonds. The second-order valence-electron chi connectivity index (χ2n) is 4.17. The summed E-state index contributed by atoms with van der Waals surface area (Å²) < 4.78 is 6.20. The van der Waals surface area contributed by atoms with Crippen LogP contribution < -0.4 is 10.2 Å². The molecule has 0 aliphatic heterocycles. The molecule has 22 heavy (non-hydrogen) atoms. The maximum absolute atomic E-state index is 11.6. The van der Waals surface area contributed by atoms with Crippen LogP contribution in [-0.2, 0) is 4.79 Å². The first-order valence-electron chi connectivity index (χ1n) is 6.20. The number of hydrazone groups is 1. The van der Waals surface area contributed by atoms with Crippen LogP contribution in [0.15, 0.2) is 52.0 Å². The zero-order valence-electron chi connectivity index (χ0n) is 11.2. The average molecular weight is 402 g/mol. The minimum Gasteiger partial charge on any atom is -0.484 e. The third-order valence-electron chi connectivity index (χ3n) is 2.55. The van der Waals surface area contributed by atoms with Gasteiger partial charge in [0.2, 0.25) is 0 Å². The molecular formula is C15H11BrCl2N2O2. The zero-order valence-corrected chi connectivity index (χ0v) is 14.3. The highest BCUT2D eigenvalue weighted by Gasteiger charge is 2.04. The molecule has 0 spiro atoms. The van der Waals surface area contributed by atoms with Crippen molar-refractivity contribution in [2.24, 2.45) is 5.10 Å². The summed E-state index contributed by atoms with van der Waals surface area (Å²) in [5, 5.41) is 4.72. The van der Waals surface area contributed by atoms with E-state index in [2.05, 4.69) is 26.5 Å². The van der Waals surface area contributed by atoms with E-state index in [0.29, 0.717) is 21.4 Å². The Morgan fingerprint density at radius 2 is 1.91 bits per heavy atom. The lowest BCUT2D eigenvalue weighted by atomic mass is 10.2. The molecule has 2 aromatic rings. The molecule has 0 aliphatic rings. The number of carbonyl (C=O) groups is 1. The molecule has 0 atom stereocenters. The van der Waals surface area contributed by atoms with Gasteiger partial charge in [0, 0.05) is 10.0 Å². The number of halogens is 3. The van der Waals surface area contributed by atoms with Crippen molar-refractivity contribution in [3.05, 3.63) is 62.5 Å². The van der Waals surface area contributed by atoms with Gasteiger partial charge in [0.25, 0.3) is 5.91 Å². The number of hydrogen-bond acceptors (Lipinski definition) is 3. The predicted octanol–water partition coefficient (Wildman–Crippen LogP) is 4.29. The summed E-state index contributed by atoms with van der Waals surface area (Å²) in [6.07, 6.45) is 1.39. The molecule has 4 nitrogen and oxygen atoms in total. The SMILES string of the molecule is O=C(COc1cccc(Br)c1)N/N=C\c1c(Cl)cccc1Cl. The van der Waals surface area contributed by atoms with Gasteiger partial charge in [-0.15, -0.1) is 0 Å². The summed E-state index contributed by atoms with van der Waals surface area (Å²) in [4.78, 5) is 11.6. The van der Waals surface area contributed by atoms with Gasteiger partial charge in [-0.25, -0.2) is 5.43 Å². The van der Waals surface area contributed by atoms with E-state index < -0.39 is 0 Å². The standard InChI is InChI=1S/C15H11BrCl2N2O2/c16-10-3-1-4-11(7-10)22-9-15(21)20-19-8-12-13(17)5-2-6-14(12)18/h1-8H,9H2,(H,20,21)/b19-8-. The topological polar surface area (TPSA) is 50.7 Å². The average Bonchev–Trinajstić information content (AvgIpc) is 2.48.